The molecule has 2 aromatic carbocycles. The Hall–Kier alpha value is -6.36. The molecule has 3 aromatic heterocycles. The molecule has 3 saturated heterocycles. The third kappa shape index (κ3) is 8.05. The minimum atomic E-state index is -2.80. The number of anilines is 3. The third-order valence-electron chi connectivity index (χ3n) is 13.1. The Morgan fingerprint density at radius 1 is 0.922 bits per heavy atom. The molecule has 0 bridgehead atoms. The van der Waals surface area contributed by atoms with Gasteiger partial charge in [-0.25, -0.2) is 13.8 Å². The van der Waals surface area contributed by atoms with Gasteiger partial charge >= 0.3 is 0 Å². The van der Waals surface area contributed by atoms with E-state index in [4.69, 9.17) is 14.6 Å². The van der Waals surface area contributed by atoms with Gasteiger partial charge in [0.05, 0.1) is 18.8 Å². The molecule has 15 nitrogen and oxygen atoms in total. The maximum absolute atomic E-state index is 15.3. The smallest absolute Gasteiger partial charge is 0.264 e. The Morgan fingerprint density at radius 3 is 2.45 bits per heavy atom. The standard InChI is InChI=1S/C45H47F2N9O6.C2H6/c1-51(43-36-24-52(26-57)14-10-37(36)56(50-43)28-11-18-61-19-12-28)29-2-5-33(35(21-29)42(46)47)34-22-40-48-13-17-54(40)25-39(34)62-31-8-15-53(16-9-31)30-3-4-32-27(20-30)23-55(45(32)60)38-6-7-41(58)49-44(38)59;1-2/h2-5,13,17,20-22,25-26,28,31,38,42H,6-12,14-16,18-19,23-24H2,1H3,(H,49,58,59);1-2H3. The third-order valence-corrected chi connectivity index (χ3v) is 13.1. The van der Waals surface area contributed by atoms with Crippen molar-refractivity contribution < 1.29 is 37.4 Å². The number of rotatable bonds is 10. The largest absolute Gasteiger partial charge is 0.488 e. The second kappa shape index (κ2) is 18.0. The number of benzene rings is 2. The van der Waals surface area contributed by atoms with Crippen molar-refractivity contribution in [3.63, 3.8) is 0 Å². The number of pyridine rings is 1. The van der Waals surface area contributed by atoms with Gasteiger partial charge in [0.15, 0.2) is 5.82 Å². The highest BCUT2D eigenvalue weighted by atomic mass is 19.3. The molecular weight excluding hydrogens is 825 g/mol. The quantitative estimate of drug-likeness (QED) is 0.120. The normalized spacial score (nSPS) is 19.4. The number of carbonyl (C=O) groups excluding carboxylic acids is 4. The maximum Gasteiger partial charge on any atom is 0.264 e. The SMILES string of the molecule is CC.CN(c1ccc(-c2cc3nccn3cc2OC2CCN(c3ccc4c(c3)CN(C3CCC(=O)NC3=O)C4=O)CC2)c(C(F)F)c1)c1nn(C2CCOCC2)c2c1CN(C=O)CC2. The summed E-state index contributed by atoms with van der Waals surface area (Å²) in [6.45, 7) is 7.91. The first-order valence-corrected chi connectivity index (χ1v) is 22.3. The van der Waals surface area contributed by atoms with E-state index < -0.39 is 18.4 Å². The number of imidazole rings is 1. The van der Waals surface area contributed by atoms with Gasteiger partial charge in [0.1, 0.15) is 23.5 Å². The average Bonchev–Trinajstić information content (AvgIpc) is 4.04. The number of ether oxygens (including phenoxy) is 2. The summed E-state index contributed by atoms with van der Waals surface area (Å²) in [5, 5.41) is 7.43. The lowest BCUT2D eigenvalue weighted by Crippen LogP contribution is -2.52. The van der Waals surface area contributed by atoms with Crippen LogP contribution in [0.5, 0.6) is 5.75 Å². The second-order valence-corrected chi connectivity index (χ2v) is 16.8. The van der Waals surface area contributed by atoms with Gasteiger partial charge < -0.3 is 33.5 Å². The second-order valence-electron chi connectivity index (χ2n) is 16.8. The first-order chi connectivity index (χ1) is 31.1. The van der Waals surface area contributed by atoms with Crippen LogP contribution in [0.2, 0.25) is 0 Å². The molecule has 1 atom stereocenters. The number of hydrogen-bond donors (Lipinski definition) is 1. The minimum absolute atomic E-state index is 0.150. The molecule has 336 valence electrons. The van der Waals surface area contributed by atoms with E-state index in [2.05, 4.69) is 19.9 Å². The van der Waals surface area contributed by atoms with E-state index in [1.165, 1.54) is 6.07 Å². The van der Waals surface area contributed by atoms with Crippen LogP contribution in [0.1, 0.15) is 97.6 Å². The van der Waals surface area contributed by atoms with Crippen LogP contribution in [0.4, 0.5) is 26.0 Å². The molecule has 1 N–H and O–H groups in total. The fourth-order valence-electron chi connectivity index (χ4n) is 9.76. The predicted octanol–water partition coefficient (Wildman–Crippen LogP) is 6.60. The molecule has 17 heteroatoms. The molecule has 0 aliphatic carbocycles. The lowest BCUT2D eigenvalue weighted by molar-refractivity contribution is -0.137. The van der Waals surface area contributed by atoms with Crippen molar-refractivity contribution in [2.75, 3.05) is 49.7 Å². The molecule has 3 fully saturated rings. The molecular formula is C47H53F2N9O6. The lowest BCUT2D eigenvalue weighted by Gasteiger charge is -2.34. The van der Waals surface area contributed by atoms with Gasteiger partial charge in [-0.1, -0.05) is 19.9 Å². The van der Waals surface area contributed by atoms with Gasteiger partial charge in [0.2, 0.25) is 18.2 Å². The summed E-state index contributed by atoms with van der Waals surface area (Å²) in [4.78, 5) is 61.2. The molecule has 64 heavy (non-hydrogen) atoms. The summed E-state index contributed by atoms with van der Waals surface area (Å²) in [6.07, 6.45) is 7.26. The van der Waals surface area contributed by atoms with E-state index in [9.17, 15) is 19.2 Å². The van der Waals surface area contributed by atoms with Crippen LogP contribution in [0.15, 0.2) is 61.1 Å². The number of imide groups is 1. The van der Waals surface area contributed by atoms with Gasteiger partial charge in [-0.15, -0.1) is 0 Å². The van der Waals surface area contributed by atoms with Crippen molar-refractivity contribution in [1.82, 2.24) is 34.3 Å². The van der Waals surface area contributed by atoms with Crippen LogP contribution in [0.3, 0.4) is 0 Å². The molecule has 4 amide bonds. The lowest BCUT2D eigenvalue weighted by atomic mass is 9.98. The van der Waals surface area contributed by atoms with Crippen molar-refractivity contribution in [2.45, 2.75) is 96.5 Å². The van der Waals surface area contributed by atoms with Crippen molar-refractivity contribution in [3.8, 4) is 16.9 Å². The molecule has 1 unspecified atom stereocenters. The van der Waals surface area contributed by atoms with Gasteiger partial charge in [-0.2, -0.15) is 5.10 Å². The van der Waals surface area contributed by atoms with E-state index in [1.807, 2.05) is 54.5 Å². The highest BCUT2D eigenvalue weighted by Gasteiger charge is 2.39. The zero-order valence-corrected chi connectivity index (χ0v) is 36.3. The number of nitrogens with zero attached hydrogens (tertiary/aromatic N) is 8. The van der Waals surface area contributed by atoms with E-state index in [1.54, 1.807) is 40.5 Å². The Balaban J connectivity index is 0.00000256. The first-order valence-electron chi connectivity index (χ1n) is 22.3. The van der Waals surface area contributed by atoms with Gasteiger partial charge in [-0.05, 0) is 66.8 Å². The first kappa shape index (κ1) is 42.9. The molecule has 5 aliphatic rings. The van der Waals surface area contributed by atoms with E-state index in [0.29, 0.717) is 111 Å². The number of halogens is 2. The van der Waals surface area contributed by atoms with E-state index in [0.717, 1.165) is 41.8 Å². The molecule has 0 radical (unpaired) electrons. The highest BCUT2D eigenvalue weighted by molar-refractivity contribution is 6.05. The van der Waals surface area contributed by atoms with Crippen LogP contribution in [-0.4, -0.2) is 105 Å². The average molecular weight is 878 g/mol. The molecule has 0 spiro atoms. The summed E-state index contributed by atoms with van der Waals surface area (Å²) >= 11 is 0. The van der Waals surface area contributed by atoms with Crippen LogP contribution in [0.25, 0.3) is 16.8 Å². The van der Waals surface area contributed by atoms with E-state index in [-0.39, 0.29) is 35.9 Å². The Morgan fingerprint density at radius 2 is 1.70 bits per heavy atom. The predicted molar refractivity (Wildman–Crippen MR) is 235 cm³/mol. The topological polar surface area (TPSA) is 147 Å². The minimum Gasteiger partial charge on any atom is -0.488 e. The highest BCUT2D eigenvalue weighted by Crippen LogP contribution is 2.42. The fourth-order valence-corrected chi connectivity index (χ4v) is 9.76. The Bertz CT molecular complexity index is 2580. The monoisotopic (exact) mass is 877 g/mol. The van der Waals surface area contributed by atoms with Gasteiger partial charge in [0.25, 0.3) is 12.3 Å². The van der Waals surface area contributed by atoms with Crippen molar-refractivity contribution in [2.24, 2.45) is 0 Å². The van der Waals surface area contributed by atoms with Gasteiger partial charge in [-0.3, -0.25) is 29.2 Å². The van der Waals surface area contributed by atoms with Crippen LogP contribution < -0.4 is 19.9 Å². The number of nitrogens with one attached hydrogen (secondary N) is 1. The number of amides is 4. The number of carbonyl (C=O) groups is 4. The van der Waals surface area contributed by atoms with Crippen molar-refractivity contribution >= 4 is 47.0 Å². The zero-order valence-electron chi connectivity index (χ0n) is 36.3. The molecule has 10 rings (SSSR count). The zero-order chi connectivity index (χ0) is 44.6. The Kier molecular flexibility index (Phi) is 12.1. The van der Waals surface area contributed by atoms with Crippen LogP contribution >= 0.6 is 0 Å². The van der Waals surface area contributed by atoms with Crippen molar-refractivity contribution in [1.29, 1.82) is 0 Å². The number of aromatic nitrogens is 4. The summed E-state index contributed by atoms with van der Waals surface area (Å²) in [5.41, 5.74) is 6.22. The van der Waals surface area contributed by atoms with Crippen LogP contribution in [-0.2, 0) is 38.6 Å². The fraction of sp³-hybridized carbons (Fsp3) is 0.447. The molecule has 5 aromatic rings. The van der Waals surface area contributed by atoms with E-state index >= 15 is 8.78 Å². The number of fused-ring (bicyclic) bond motifs is 3. The summed E-state index contributed by atoms with van der Waals surface area (Å²) < 4.78 is 46.8. The number of piperidine rings is 2. The molecule has 5 aliphatic heterocycles. The Labute approximate surface area is 369 Å². The summed E-state index contributed by atoms with van der Waals surface area (Å²) in [5.74, 6) is 0.146. The van der Waals surface area contributed by atoms with Gasteiger partial charge in [0, 0.05) is 124 Å². The molecule has 8 heterocycles. The van der Waals surface area contributed by atoms with Crippen LogP contribution in [0, 0.1) is 0 Å². The summed E-state index contributed by atoms with van der Waals surface area (Å²) in [6, 6.07) is 12.1. The number of alkyl halides is 2. The molecule has 0 saturated carbocycles. The number of hydrogen-bond acceptors (Lipinski definition) is 10. The van der Waals surface area contributed by atoms with Crippen molar-refractivity contribution in [3.05, 3.63) is 89.0 Å². The maximum atomic E-state index is 15.3. The summed E-state index contributed by atoms with van der Waals surface area (Å²) in [7, 11) is 1.83.